The number of thioether (sulfide) groups is 1. The van der Waals surface area contributed by atoms with Gasteiger partial charge in [-0.25, -0.2) is 9.97 Å². The van der Waals surface area contributed by atoms with E-state index in [-0.39, 0.29) is 11.8 Å². The van der Waals surface area contributed by atoms with Gasteiger partial charge in [0.05, 0.1) is 20.4 Å². The lowest BCUT2D eigenvalue weighted by atomic mass is 9.88. The quantitative estimate of drug-likeness (QED) is 0.283. The number of nitrogens with zero attached hydrogens (tertiary/aromatic N) is 2. The van der Waals surface area contributed by atoms with Gasteiger partial charge in [0.2, 0.25) is 5.91 Å². The van der Waals surface area contributed by atoms with Gasteiger partial charge in [-0.15, -0.1) is 11.3 Å². The standard InChI is InChI=1S/C24H19N3OS3/c1-29-24-26-19-13-12-18-21(22(19)31-24)30-23(25-18)27-20(28)14-17(15-8-4-2-5-9-15)16-10-6-3-7-11-16/h2-13,17H,14H2,1H3,(H,25,27,28). The molecule has 2 heterocycles. The van der Waals surface area contributed by atoms with Crippen molar-refractivity contribution in [2.24, 2.45) is 0 Å². The highest BCUT2D eigenvalue weighted by Gasteiger charge is 2.19. The molecule has 1 N–H and O–H groups in total. The lowest BCUT2D eigenvalue weighted by Gasteiger charge is -2.17. The molecule has 0 aliphatic heterocycles. The van der Waals surface area contributed by atoms with Gasteiger partial charge in [-0.3, -0.25) is 4.79 Å². The van der Waals surface area contributed by atoms with E-state index in [2.05, 4.69) is 39.6 Å². The number of rotatable bonds is 6. The van der Waals surface area contributed by atoms with Gasteiger partial charge in [0, 0.05) is 12.3 Å². The summed E-state index contributed by atoms with van der Waals surface area (Å²) in [6, 6.07) is 24.3. The number of benzene rings is 3. The summed E-state index contributed by atoms with van der Waals surface area (Å²) in [4.78, 5) is 22.3. The molecule has 2 aromatic heterocycles. The number of hydrogen-bond acceptors (Lipinski definition) is 6. The van der Waals surface area contributed by atoms with Crippen LogP contribution in [0, 0.1) is 0 Å². The number of hydrogen-bond donors (Lipinski definition) is 1. The summed E-state index contributed by atoms with van der Waals surface area (Å²) in [5.74, 6) is -0.0452. The number of carbonyl (C=O) groups is 1. The molecule has 0 aliphatic rings. The molecule has 0 radical (unpaired) electrons. The fourth-order valence-corrected chi connectivity index (χ4v) is 6.32. The van der Waals surface area contributed by atoms with Crippen molar-refractivity contribution in [3.63, 3.8) is 0 Å². The fraction of sp³-hybridized carbons (Fsp3) is 0.125. The Morgan fingerprint density at radius 2 is 1.45 bits per heavy atom. The van der Waals surface area contributed by atoms with Crippen LogP contribution in [0.25, 0.3) is 20.4 Å². The third-order valence-corrected chi connectivity index (χ3v) is 8.31. The maximum atomic E-state index is 13.0. The number of carbonyl (C=O) groups excluding carboxylic acids is 1. The van der Waals surface area contributed by atoms with Crippen LogP contribution in [-0.4, -0.2) is 22.1 Å². The van der Waals surface area contributed by atoms with E-state index in [4.69, 9.17) is 0 Å². The van der Waals surface area contributed by atoms with Gasteiger partial charge in [0.25, 0.3) is 0 Å². The topological polar surface area (TPSA) is 54.9 Å². The molecule has 31 heavy (non-hydrogen) atoms. The number of fused-ring (bicyclic) bond motifs is 3. The SMILES string of the molecule is CSc1nc2ccc3nc(NC(=O)CC(c4ccccc4)c4ccccc4)sc3c2s1. The van der Waals surface area contributed by atoms with E-state index in [0.29, 0.717) is 11.6 Å². The molecular weight excluding hydrogens is 442 g/mol. The van der Waals surface area contributed by atoms with Crippen LogP contribution < -0.4 is 5.32 Å². The third kappa shape index (κ3) is 4.21. The second-order valence-electron chi connectivity index (χ2n) is 7.09. The van der Waals surface area contributed by atoms with E-state index in [1.54, 1.807) is 23.1 Å². The maximum absolute atomic E-state index is 13.0. The summed E-state index contributed by atoms with van der Waals surface area (Å²) < 4.78 is 3.25. The first-order valence-corrected chi connectivity index (χ1v) is 12.7. The predicted molar refractivity (Wildman–Crippen MR) is 133 cm³/mol. The normalized spacial score (nSPS) is 11.4. The molecule has 3 aromatic carbocycles. The van der Waals surface area contributed by atoms with Crippen LogP contribution in [-0.2, 0) is 4.79 Å². The first-order valence-electron chi connectivity index (χ1n) is 9.85. The number of aromatic nitrogens is 2. The van der Waals surface area contributed by atoms with Gasteiger partial charge in [-0.05, 0) is 29.5 Å². The lowest BCUT2D eigenvalue weighted by Crippen LogP contribution is -2.16. The number of nitrogens with one attached hydrogen (secondary N) is 1. The van der Waals surface area contributed by atoms with Gasteiger partial charge in [0.15, 0.2) is 9.47 Å². The highest BCUT2D eigenvalue weighted by Crippen LogP contribution is 2.38. The summed E-state index contributed by atoms with van der Waals surface area (Å²) in [5, 5.41) is 3.67. The van der Waals surface area contributed by atoms with Crippen molar-refractivity contribution in [1.82, 2.24) is 9.97 Å². The molecule has 5 rings (SSSR count). The van der Waals surface area contributed by atoms with Crippen LogP contribution in [0.15, 0.2) is 77.1 Å². The molecule has 4 nitrogen and oxygen atoms in total. The van der Waals surface area contributed by atoms with Crippen molar-refractivity contribution in [3.05, 3.63) is 83.9 Å². The minimum atomic E-state index is -0.0397. The zero-order valence-corrected chi connectivity index (χ0v) is 19.2. The summed E-state index contributed by atoms with van der Waals surface area (Å²) in [6.45, 7) is 0. The van der Waals surface area contributed by atoms with Gasteiger partial charge in [0.1, 0.15) is 0 Å². The van der Waals surface area contributed by atoms with Crippen molar-refractivity contribution in [3.8, 4) is 0 Å². The Bertz CT molecular complexity index is 1310. The molecule has 1 amide bonds. The van der Waals surface area contributed by atoms with Crippen molar-refractivity contribution in [2.45, 2.75) is 16.7 Å². The molecule has 0 aliphatic carbocycles. The van der Waals surface area contributed by atoms with E-state index in [1.165, 1.54) is 11.3 Å². The molecule has 0 atom stereocenters. The minimum absolute atomic E-state index is 0.00545. The van der Waals surface area contributed by atoms with Crippen molar-refractivity contribution in [1.29, 1.82) is 0 Å². The van der Waals surface area contributed by atoms with Crippen LogP contribution in [0.1, 0.15) is 23.5 Å². The fourth-order valence-electron chi connectivity index (χ4n) is 3.65. The summed E-state index contributed by atoms with van der Waals surface area (Å²) in [5.41, 5.74) is 4.14. The summed E-state index contributed by atoms with van der Waals surface area (Å²) in [6.07, 6.45) is 2.39. The van der Waals surface area contributed by atoms with Crippen LogP contribution in [0.2, 0.25) is 0 Å². The van der Waals surface area contributed by atoms with Gasteiger partial charge in [-0.2, -0.15) is 0 Å². The van der Waals surface area contributed by atoms with E-state index in [9.17, 15) is 4.79 Å². The molecule has 5 aromatic rings. The Labute approximate surface area is 192 Å². The highest BCUT2D eigenvalue weighted by molar-refractivity contribution is 8.00. The molecule has 0 unspecified atom stereocenters. The average molecular weight is 462 g/mol. The molecule has 0 spiro atoms. The molecule has 154 valence electrons. The highest BCUT2D eigenvalue weighted by atomic mass is 32.2. The number of thiazole rings is 2. The molecule has 0 fully saturated rings. The van der Waals surface area contributed by atoms with E-state index < -0.39 is 0 Å². The second kappa shape index (κ2) is 8.78. The smallest absolute Gasteiger partial charge is 0.227 e. The lowest BCUT2D eigenvalue weighted by molar-refractivity contribution is -0.116. The molecular formula is C24H19N3OS3. The molecule has 0 saturated carbocycles. The van der Waals surface area contributed by atoms with Crippen molar-refractivity contribution >= 4 is 65.9 Å². The molecule has 7 heteroatoms. The Hall–Kier alpha value is -2.74. The number of anilines is 1. The zero-order valence-electron chi connectivity index (χ0n) is 16.7. The Morgan fingerprint density at radius 3 is 2.06 bits per heavy atom. The number of amides is 1. The van der Waals surface area contributed by atoms with Crippen molar-refractivity contribution in [2.75, 3.05) is 11.6 Å². The Morgan fingerprint density at radius 1 is 0.871 bits per heavy atom. The minimum Gasteiger partial charge on any atom is -0.302 e. The van der Waals surface area contributed by atoms with Crippen LogP contribution >= 0.6 is 34.4 Å². The average Bonchev–Trinajstić information content (AvgIpc) is 3.41. The van der Waals surface area contributed by atoms with Crippen LogP contribution in [0.5, 0.6) is 0 Å². The zero-order chi connectivity index (χ0) is 21.2. The largest absolute Gasteiger partial charge is 0.302 e. The van der Waals surface area contributed by atoms with Gasteiger partial charge < -0.3 is 5.32 Å². The monoisotopic (exact) mass is 461 g/mol. The van der Waals surface area contributed by atoms with Crippen molar-refractivity contribution < 1.29 is 4.79 Å². The van der Waals surface area contributed by atoms with E-state index >= 15 is 0 Å². The molecule has 0 saturated heterocycles. The first kappa shape index (κ1) is 20.2. The van der Waals surface area contributed by atoms with Crippen LogP contribution in [0.3, 0.4) is 0 Å². The Kier molecular flexibility index (Phi) is 5.72. The third-order valence-electron chi connectivity index (χ3n) is 5.11. The van der Waals surface area contributed by atoms with Gasteiger partial charge in [-0.1, -0.05) is 83.8 Å². The van der Waals surface area contributed by atoms with Gasteiger partial charge >= 0.3 is 0 Å². The summed E-state index contributed by atoms with van der Waals surface area (Å²) in [7, 11) is 0. The van der Waals surface area contributed by atoms with Crippen LogP contribution in [0.4, 0.5) is 5.13 Å². The first-order chi connectivity index (χ1) is 15.2. The second-order valence-corrected chi connectivity index (χ2v) is 10.1. The molecule has 0 bridgehead atoms. The van der Waals surface area contributed by atoms with E-state index in [0.717, 1.165) is 35.9 Å². The summed E-state index contributed by atoms with van der Waals surface area (Å²) >= 11 is 4.83. The predicted octanol–water partition coefficient (Wildman–Crippen LogP) is 6.79. The Balaban J connectivity index is 1.41. The van der Waals surface area contributed by atoms with E-state index in [1.807, 2.05) is 54.8 Å². The maximum Gasteiger partial charge on any atom is 0.227 e.